The second-order valence-corrected chi connectivity index (χ2v) is 6.47. The van der Waals surface area contributed by atoms with E-state index in [1.165, 1.54) is 4.90 Å². The molecule has 23 heavy (non-hydrogen) atoms. The average molecular weight is 320 g/mol. The lowest BCUT2D eigenvalue weighted by molar-refractivity contribution is -0.131. The Bertz CT molecular complexity index is 617. The van der Waals surface area contributed by atoms with Crippen LogP contribution in [0.1, 0.15) is 56.3 Å². The molecule has 3 heterocycles. The maximum absolute atomic E-state index is 12.5. The zero-order valence-electron chi connectivity index (χ0n) is 12.9. The van der Waals surface area contributed by atoms with E-state index < -0.39 is 5.54 Å². The first-order valence-electron chi connectivity index (χ1n) is 8.26. The third-order valence-electron chi connectivity index (χ3n) is 4.95. The van der Waals surface area contributed by atoms with Crippen LogP contribution in [0.5, 0.6) is 0 Å². The van der Waals surface area contributed by atoms with Crippen molar-refractivity contribution >= 4 is 11.9 Å². The molecule has 0 bridgehead atoms. The van der Waals surface area contributed by atoms with E-state index in [0.717, 1.165) is 45.1 Å². The fourth-order valence-electron chi connectivity index (χ4n) is 3.69. The van der Waals surface area contributed by atoms with Crippen molar-refractivity contribution in [1.29, 1.82) is 0 Å². The first-order chi connectivity index (χ1) is 11.2. The molecule has 2 aliphatic heterocycles. The lowest BCUT2D eigenvalue weighted by Gasteiger charge is -2.19. The van der Waals surface area contributed by atoms with Gasteiger partial charge in [-0.05, 0) is 25.7 Å². The summed E-state index contributed by atoms with van der Waals surface area (Å²) in [5.74, 6) is 0.879. The third-order valence-corrected chi connectivity index (χ3v) is 4.95. The molecule has 0 radical (unpaired) electrons. The second-order valence-electron chi connectivity index (χ2n) is 6.47. The normalized spacial score (nSPS) is 26.4. The summed E-state index contributed by atoms with van der Waals surface area (Å²) in [5.41, 5.74) is -0.658. The first kappa shape index (κ1) is 14.6. The van der Waals surface area contributed by atoms with Gasteiger partial charge in [-0.15, -0.1) is 0 Å². The van der Waals surface area contributed by atoms with Crippen LogP contribution in [0.4, 0.5) is 4.79 Å². The Morgan fingerprint density at radius 1 is 1.26 bits per heavy atom. The highest BCUT2D eigenvalue weighted by Gasteiger charge is 2.52. The van der Waals surface area contributed by atoms with Crippen LogP contribution in [-0.2, 0) is 16.0 Å². The van der Waals surface area contributed by atoms with Gasteiger partial charge in [-0.2, -0.15) is 4.98 Å². The summed E-state index contributed by atoms with van der Waals surface area (Å²) in [7, 11) is 0. The highest BCUT2D eigenvalue weighted by molar-refractivity contribution is 6.07. The van der Waals surface area contributed by atoms with E-state index in [9.17, 15) is 9.59 Å². The maximum atomic E-state index is 12.5. The number of hydrogen-bond donors (Lipinski definition) is 1. The molecule has 0 unspecified atom stereocenters. The molecule has 3 aliphatic rings. The minimum absolute atomic E-state index is 0.0917. The summed E-state index contributed by atoms with van der Waals surface area (Å²) in [5, 5.41) is 6.80. The molecule has 1 aliphatic carbocycles. The van der Waals surface area contributed by atoms with Gasteiger partial charge in [0.05, 0.1) is 0 Å². The van der Waals surface area contributed by atoms with Gasteiger partial charge in [0, 0.05) is 19.6 Å². The zero-order chi connectivity index (χ0) is 15.9. The van der Waals surface area contributed by atoms with Crippen LogP contribution in [0, 0.1) is 0 Å². The number of amides is 3. The number of rotatable bonds is 4. The van der Waals surface area contributed by atoms with Crippen molar-refractivity contribution in [1.82, 2.24) is 20.4 Å². The number of carbonyl (C=O) groups excluding carboxylic acids is 2. The molecule has 1 aromatic heterocycles. The third kappa shape index (κ3) is 2.50. The number of nitrogens with one attached hydrogen (secondary N) is 1. The van der Waals surface area contributed by atoms with E-state index in [4.69, 9.17) is 9.26 Å². The van der Waals surface area contributed by atoms with Gasteiger partial charge < -0.3 is 14.6 Å². The minimum Gasteiger partial charge on any atom is -0.370 e. The van der Waals surface area contributed by atoms with Crippen molar-refractivity contribution < 1.29 is 18.8 Å². The average Bonchev–Trinajstić information content (AvgIpc) is 3.30. The largest absolute Gasteiger partial charge is 0.370 e. The maximum Gasteiger partial charge on any atom is 0.325 e. The summed E-state index contributed by atoms with van der Waals surface area (Å²) < 4.78 is 10.7. The van der Waals surface area contributed by atoms with E-state index in [1.54, 1.807) is 0 Å². The standard InChI is InChI=1S/C15H20N4O4/c20-13-15(6-1-2-7-15)17-14(21)19(13)8-5-11-16-12(18-23-11)10-4-3-9-22-10/h10H,1-9H2,(H,17,21)/t10-/m1/s1. The quantitative estimate of drug-likeness (QED) is 0.841. The van der Waals surface area contributed by atoms with Gasteiger partial charge in [0.15, 0.2) is 0 Å². The predicted octanol–water partition coefficient (Wildman–Crippen LogP) is 1.33. The molecule has 1 aromatic rings. The van der Waals surface area contributed by atoms with Crippen LogP contribution in [-0.4, -0.2) is 45.7 Å². The van der Waals surface area contributed by atoms with E-state index in [2.05, 4.69) is 15.5 Å². The molecule has 1 N–H and O–H groups in total. The Labute approximate surface area is 133 Å². The number of aromatic nitrogens is 2. The molecule has 1 atom stereocenters. The molecule has 2 saturated heterocycles. The monoisotopic (exact) mass is 320 g/mol. The van der Waals surface area contributed by atoms with Crippen molar-refractivity contribution in [3.05, 3.63) is 11.7 Å². The van der Waals surface area contributed by atoms with E-state index in [0.29, 0.717) is 18.1 Å². The molecule has 124 valence electrons. The Kier molecular flexibility index (Phi) is 3.56. The van der Waals surface area contributed by atoms with Crippen LogP contribution in [0.15, 0.2) is 4.52 Å². The highest BCUT2D eigenvalue weighted by Crippen LogP contribution is 2.35. The van der Waals surface area contributed by atoms with Gasteiger partial charge in [-0.25, -0.2) is 4.79 Å². The van der Waals surface area contributed by atoms with Crippen molar-refractivity contribution in [2.24, 2.45) is 0 Å². The predicted molar refractivity (Wildman–Crippen MR) is 77.4 cm³/mol. The van der Waals surface area contributed by atoms with Crippen LogP contribution >= 0.6 is 0 Å². The summed E-state index contributed by atoms with van der Waals surface area (Å²) >= 11 is 0. The lowest BCUT2D eigenvalue weighted by atomic mass is 9.98. The summed E-state index contributed by atoms with van der Waals surface area (Å²) in [6.45, 7) is 0.985. The van der Waals surface area contributed by atoms with Gasteiger partial charge in [-0.1, -0.05) is 18.0 Å². The first-order valence-corrected chi connectivity index (χ1v) is 8.26. The van der Waals surface area contributed by atoms with E-state index >= 15 is 0 Å². The van der Waals surface area contributed by atoms with Crippen molar-refractivity contribution in [2.75, 3.05) is 13.2 Å². The van der Waals surface area contributed by atoms with E-state index in [1.807, 2.05) is 0 Å². The minimum atomic E-state index is -0.658. The SMILES string of the molecule is O=C1NC2(CCCC2)C(=O)N1CCc1nc([C@H]2CCCO2)no1. The summed E-state index contributed by atoms with van der Waals surface area (Å²) in [4.78, 5) is 30.2. The van der Waals surface area contributed by atoms with Crippen molar-refractivity contribution in [2.45, 2.75) is 56.6 Å². The zero-order valence-corrected chi connectivity index (χ0v) is 12.9. The number of ether oxygens (including phenoxy) is 1. The Morgan fingerprint density at radius 3 is 2.83 bits per heavy atom. The van der Waals surface area contributed by atoms with Crippen LogP contribution in [0.2, 0.25) is 0 Å². The molecule has 0 aromatic carbocycles. The molecule has 8 heteroatoms. The molecule has 4 rings (SSSR count). The number of imide groups is 1. The Balaban J connectivity index is 1.39. The number of urea groups is 1. The molecule has 1 spiro atoms. The highest BCUT2D eigenvalue weighted by atomic mass is 16.5. The molecule has 8 nitrogen and oxygen atoms in total. The molecular weight excluding hydrogens is 300 g/mol. The van der Waals surface area contributed by atoms with Crippen LogP contribution < -0.4 is 5.32 Å². The summed E-state index contributed by atoms with van der Waals surface area (Å²) in [6, 6.07) is -0.309. The van der Waals surface area contributed by atoms with Gasteiger partial charge >= 0.3 is 6.03 Å². The van der Waals surface area contributed by atoms with Gasteiger partial charge in [0.25, 0.3) is 5.91 Å². The summed E-state index contributed by atoms with van der Waals surface area (Å²) in [6.07, 6.45) is 5.60. The molecule has 1 saturated carbocycles. The smallest absolute Gasteiger partial charge is 0.325 e. The van der Waals surface area contributed by atoms with Gasteiger partial charge in [-0.3, -0.25) is 9.69 Å². The van der Waals surface area contributed by atoms with Gasteiger partial charge in [0.1, 0.15) is 11.6 Å². The van der Waals surface area contributed by atoms with Crippen molar-refractivity contribution in [3.63, 3.8) is 0 Å². The van der Waals surface area contributed by atoms with Gasteiger partial charge in [0.2, 0.25) is 11.7 Å². The molecular formula is C15H20N4O4. The number of hydrogen-bond acceptors (Lipinski definition) is 6. The number of carbonyl (C=O) groups is 2. The fourth-order valence-corrected chi connectivity index (χ4v) is 3.69. The second kappa shape index (κ2) is 5.59. The van der Waals surface area contributed by atoms with Crippen LogP contribution in [0.25, 0.3) is 0 Å². The Hall–Kier alpha value is -1.96. The Morgan fingerprint density at radius 2 is 2.09 bits per heavy atom. The van der Waals surface area contributed by atoms with Crippen LogP contribution in [0.3, 0.4) is 0 Å². The fraction of sp³-hybridized carbons (Fsp3) is 0.733. The number of nitrogens with zero attached hydrogens (tertiary/aromatic N) is 3. The molecule has 3 amide bonds. The van der Waals surface area contributed by atoms with Crippen molar-refractivity contribution in [3.8, 4) is 0 Å². The van der Waals surface area contributed by atoms with E-state index in [-0.39, 0.29) is 24.6 Å². The topological polar surface area (TPSA) is 97.6 Å². The molecule has 3 fully saturated rings. The lowest BCUT2D eigenvalue weighted by Crippen LogP contribution is -2.44.